The van der Waals surface area contributed by atoms with Gasteiger partial charge in [0.25, 0.3) is 5.91 Å². The van der Waals surface area contributed by atoms with E-state index in [9.17, 15) is 34.8 Å². The second-order valence-electron chi connectivity index (χ2n) is 15.2. The molecule has 11 heteroatoms. The van der Waals surface area contributed by atoms with Crippen molar-refractivity contribution in [2.45, 2.75) is 79.1 Å². The first-order valence-corrected chi connectivity index (χ1v) is 15.1. The van der Waals surface area contributed by atoms with Crippen molar-refractivity contribution in [2.75, 3.05) is 27.2 Å². The molecule has 1 aromatic rings. The van der Waals surface area contributed by atoms with Crippen LogP contribution in [-0.4, -0.2) is 81.6 Å². The summed E-state index contributed by atoms with van der Waals surface area (Å²) in [5.41, 5.74) is 3.81. The molecule has 0 heterocycles. The van der Waals surface area contributed by atoms with Gasteiger partial charge in [-0.1, -0.05) is 41.5 Å². The van der Waals surface area contributed by atoms with Crippen LogP contribution in [0, 0.1) is 22.7 Å². The molecule has 1 aromatic carbocycles. The van der Waals surface area contributed by atoms with Gasteiger partial charge < -0.3 is 36.8 Å². The van der Waals surface area contributed by atoms with Crippen molar-refractivity contribution in [3.8, 4) is 5.75 Å². The van der Waals surface area contributed by atoms with E-state index in [4.69, 9.17) is 5.73 Å². The fourth-order valence-corrected chi connectivity index (χ4v) is 6.89. The van der Waals surface area contributed by atoms with Crippen molar-refractivity contribution in [1.82, 2.24) is 15.5 Å². The number of phenols is 1. The van der Waals surface area contributed by atoms with E-state index in [0.717, 1.165) is 5.56 Å². The highest BCUT2D eigenvalue weighted by Crippen LogP contribution is 2.52. The molecule has 3 aliphatic rings. The Kier molecular flexibility index (Phi) is 8.86. The number of carbonyl (C=O) groups excluding carboxylic acids is 3. The number of aliphatic hydroxyl groups is 3. The third kappa shape index (κ3) is 5.90. The summed E-state index contributed by atoms with van der Waals surface area (Å²) in [6.45, 7) is 14.7. The van der Waals surface area contributed by atoms with E-state index >= 15 is 0 Å². The largest absolute Gasteiger partial charge is 0.510 e. The number of ketones is 2. The zero-order chi connectivity index (χ0) is 33.1. The Morgan fingerprint density at radius 2 is 1.55 bits per heavy atom. The summed E-state index contributed by atoms with van der Waals surface area (Å²) in [5.74, 6) is -6.51. The summed E-state index contributed by atoms with van der Waals surface area (Å²) in [6.07, 6.45) is 0.306. The van der Waals surface area contributed by atoms with E-state index < -0.39 is 58.0 Å². The molecule has 4 rings (SSSR count). The number of fused-ring (bicyclic) bond motifs is 3. The van der Waals surface area contributed by atoms with Crippen LogP contribution in [0.3, 0.4) is 0 Å². The lowest BCUT2D eigenvalue weighted by atomic mass is 9.58. The van der Waals surface area contributed by atoms with Crippen molar-refractivity contribution >= 4 is 17.5 Å². The van der Waals surface area contributed by atoms with Gasteiger partial charge in [0.05, 0.1) is 11.6 Å². The molecule has 0 spiro atoms. The minimum Gasteiger partial charge on any atom is -0.510 e. The molecule has 242 valence electrons. The van der Waals surface area contributed by atoms with Gasteiger partial charge in [0, 0.05) is 43.2 Å². The maximum absolute atomic E-state index is 14.3. The average molecular weight is 613 g/mol. The van der Waals surface area contributed by atoms with Crippen LogP contribution in [0.5, 0.6) is 5.75 Å². The van der Waals surface area contributed by atoms with Crippen LogP contribution >= 0.6 is 0 Å². The standard InChI is InChI=1S/C33H48N4O7/c1-31(2,3)14-35-12-17-9-18(13-36-15-32(4,5)6)25(38)22-19(17)10-16-11-20-24(37(7)8)27(40)23(30(34)43)29(42)33(20,44)28(41)21(16)26(22)39/h9,16,20,24,35-36,38,40-41,44H,10-15H2,1-8H3,(H2,34,43). The van der Waals surface area contributed by atoms with Crippen molar-refractivity contribution in [2.24, 2.45) is 28.4 Å². The molecular weight excluding hydrogens is 564 g/mol. The molecule has 0 saturated carbocycles. The SMILES string of the molecule is CN(C)C1C(O)=C(C(N)=O)C(=O)C2(O)C(O)=C3C(=O)c4c(O)c(CNCC(C)(C)C)cc(CNCC(C)(C)C)c4CC3CC12. The number of Topliss-reactive ketones (excluding diaryl/α,β-unsaturated/α-hetero) is 2. The van der Waals surface area contributed by atoms with Crippen LogP contribution < -0.4 is 16.4 Å². The van der Waals surface area contributed by atoms with Gasteiger partial charge in [0.1, 0.15) is 22.8 Å². The van der Waals surface area contributed by atoms with Gasteiger partial charge >= 0.3 is 0 Å². The van der Waals surface area contributed by atoms with Gasteiger partial charge in [-0.15, -0.1) is 0 Å². The number of rotatable bonds is 8. The minimum absolute atomic E-state index is 0.00736. The zero-order valence-corrected chi connectivity index (χ0v) is 27.1. The predicted molar refractivity (Wildman–Crippen MR) is 166 cm³/mol. The molecule has 0 bridgehead atoms. The van der Waals surface area contributed by atoms with Gasteiger partial charge in [0.15, 0.2) is 11.4 Å². The number of hydrogen-bond donors (Lipinski definition) is 7. The van der Waals surface area contributed by atoms with Gasteiger partial charge in [0.2, 0.25) is 5.78 Å². The second-order valence-corrected chi connectivity index (χ2v) is 15.2. The number of nitrogens with zero attached hydrogens (tertiary/aromatic N) is 1. The van der Waals surface area contributed by atoms with Crippen LogP contribution in [-0.2, 0) is 29.1 Å². The Bertz CT molecular complexity index is 1450. The number of likely N-dealkylation sites (N-methyl/N-ethyl adjacent to an activating group) is 1. The van der Waals surface area contributed by atoms with Crippen LogP contribution in [0.2, 0.25) is 0 Å². The molecule has 11 nitrogen and oxygen atoms in total. The number of allylic oxidation sites excluding steroid dienone is 1. The van der Waals surface area contributed by atoms with E-state index in [1.165, 1.54) is 0 Å². The van der Waals surface area contributed by atoms with Crippen molar-refractivity contribution < 1.29 is 34.8 Å². The number of amides is 1. The first-order valence-electron chi connectivity index (χ1n) is 15.1. The summed E-state index contributed by atoms with van der Waals surface area (Å²) in [6, 6.07) is 0.874. The number of aliphatic hydroxyl groups excluding tert-OH is 2. The number of phenolic OH excluding ortho intramolecular Hbond substituents is 1. The predicted octanol–water partition coefficient (Wildman–Crippen LogP) is 2.39. The molecule has 0 radical (unpaired) electrons. The number of aromatic hydroxyl groups is 1. The fraction of sp³-hybridized carbons (Fsp3) is 0.606. The highest BCUT2D eigenvalue weighted by atomic mass is 16.3. The summed E-state index contributed by atoms with van der Waals surface area (Å²) >= 11 is 0. The Hall–Kier alpha value is -3.25. The normalized spacial score (nSPS) is 25.7. The van der Waals surface area contributed by atoms with Crippen LogP contribution in [0.25, 0.3) is 0 Å². The lowest BCUT2D eigenvalue weighted by Gasteiger charge is -2.50. The van der Waals surface area contributed by atoms with Crippen molar-refractivity contribution in [3.63, 3.8) is 0 Å². The zero-order valence-electron chi connectivity index (χ0n) is 27.1. The molecule has 1 amide bonds. The molecule has 0 aromatic heterocycles. The topological polar surface area (TPSA) is 185 Å². The average Bonchev–Trinajstić information content (AvgIpc) is 2.86. The molecular formula is C33H48N4O7. The van der Waals surface area contributed by atoms with E-state index in [0.29, 0.717) is 37.3 Å². The quantitative estimate of drug-likeness (QED) is 0.215. The number of carbonyl (C=O) groups is 3. The molecule has 0 aliphatic heterocycles. The Morgan fingerprint density at radius 3 is 2.05 bits per heavy atom. The van der Waals surface area contributed by atoms with Gasteiger partial charge in [-0.2, -0.15) is 0 Å². The van der Waals surface area contributed by atoms with Gasteiger partial charge in [-0.3, -0.25) is 19.3 Å². The molecule has 0 fully saturated rings. The Labute approximate surface area is 259 Å². The van der Waals surface area contributed by atoms with Gasteiger partial charge in [-0.05, 0) is 60.9 Å². The van der Waals surface area contributed by atoms with Crippen molar-refractivity contribution in [1.29, 1.82) is 0 Å². The number of primary amides is 1. The summed E-state index contributed by atoms with van der Waals surface area (Å²) in [5, 5.41) is 52.8. The smallest absolute Gasteiger partial charge is 0.255 e. The highest BCUT2D eigenvalue weighted by Gasteiger charge is 2.63. The molecule has 4 unspecified atom stereocenters. The van der Waals surface area contributed by atoms with Crippen molar-refractivity contribution in [3.05, 3.63) is 51.0 Å². The summed E-state index contributed by atoms with van der Waals surface area (Å²) in [4.78, 5) is 41.6. The van der Waals surface area contributed by atoms with Crippen LogP contribution in [0.4, 0.5) is 0 Å². The summed E-state index contributed by atoms with van der Waals surface area (Å²) < 4.78 is 0. The summed E-state index contributed by atoms with van der Waals surface area (Å²) in [7, 11) is 3.22. The van der Waals surface area contributed by atoms with Crippen LogP contribution in [0.1, 0.15) is 75.0 Å². The molecule has 3 aliphatic carbocycles. The lowest BCUT2D eigenvalue weighted by Crippen LogP contribution is -2.63. The number of nitrogens with two attached hydrogens (primary N) is 1. The highest BCUT2D eigenvalue weighted by molar-refractivity contribution is 6.24. The molecule has 0 saturated heterocycles. The minimum atomic E-state index is -2.66. The van der Waals surface area contributed by atoms with E-state index in [2.05, 4.69) is 52.2 Å². The maximum atomic E-state index is 14.3. The molecule has 4 atom stereocenters. The Morgan fingerprint density at radius 1 is 1.00 bits per heavy atom. The van der Waals surface area contributed by atoms with E-state index in [1.807, 2.05) is 6.07 Å². The third-order valence-corrected chi connectivity index (χ3v) is 8.84. The number of benzene rings is 1. The van der Waals surface area contributed by atoms with Gasteiger partial charge in [-0.25, -0.2) is 0 Å². The van der Waals surface area contributed by atoms with E-state index in [1.54, 1.807) is 19.0 Å². The first kappa shape index (κ1) is 33.6. The Balaban J connectivity index is 1.87. The van der Waals surface area contributed by atoms with E-state index in [-0.39, 0.29) is 40.6 Å². The maximum Gasteiger partial charge on any atom is 0.255 e. The molecule has 44 heavy (non-hydrogen) atoms. The first-order chi connectivity index (χ1) is 20.2. The van der Waals surface area contributed by atoms with Crippen LogP contribution in [0.15, 0.2) is 28.7 Å². The number of nitrogens with one attached hydrogen (secondary N) is 2. The second kappa shape index (κ2) is 11.6. The fourth-order valence-electron chi connectivity index (χ4n) is 6.89. The third-order valence-electron chi connectivity index (χ3n) is 8.84. The number of hydrogen-bond acceptors (Lipinski definition) is 10. The lowest BCUT2D eigenvalue weighted by molar-refractivity contribution is -0.148. The monoisotopic (exact) mass is 612 g/mol. The molecule has 8 N–H and O–H groups in total.